The standard InChI is InChI=1S/C24H28N2O5/c1-25-20-9-4-3-8-19(20)23(28)26-13-16-11-21(27)22(12-17(16)14-26)31-18-7-5-6-15(10-18)24(29)30-2/h3-10,16-17,21-22,25,27H,11-14H2,1-2H3/t16-,17+,21+,22+/m0/s1. The van der Waals surface area contributed by atoms with Gasteiger partial charge in [0, 0.05) is 25.8 Å². The van der Waals surface area contributed by atoms with Gasteiger partial charge in [-0.2, -0.15) is 0 Å². The van der Waals surface area contributed by atoms with Crippen LogP contribution in [0, 0.1) is 11.8 Å². The van der Waals surface area contributed by atoms with Crippen LogP contribution in [0.2, 0.25) is 0 Å². The molecule has 2 fully saturated rings. The lowest BCUT2D eigenvalue weighted by molar-refractivity contribution is -0.0231. The molecule has 4 rings (SSSR count). The van der Waals surface area contributed by atoms with Gasteiger partial charge in [0.15, 0.2) is 0 Å². The van der Waals surface area contributed by atoms with E-state index >= 15 is 0 Å². The number of esters is 1. The van der Waals surface area contributed by atoms with Crippen LogP contribution in [0.25, 0.3) is 0 Å². The first-order valence-electron chi connectivity index (χ1n) is 10.6. The maximum Gasteiger partial charge on any atom is 0.337 e. The summed E-state index contributed by atoms with van der Waals surface area (Å²) in [5.74, 6) is 0.628. The van der Waals surface area contributed by atoms with Gasteiger partial charge in [-0.1, -0.05) is 18.2 Å². The van der Waals surface area contributed by atoms with Crippen LogP contribution in [-0.4, -0.2) is 61.3 Å². The smallest absolute Gasteiger partial charge is 0.337 e. The molecule has 1 heterocycles. The first-order valence-corrected chi connectivity index (χ1v) is 10.6. The summed E-state index contributed by atoms with van der Waals surface area (Å²) in [6, 6.07) is 14.3. The first-order chi connectivity index (χ1) is 15.0. The lowest BCUT2D eigenvalue weighted by atomic mass is 9.78. The normalized spacial score (nSPS) is 24.9. The number of ether oxygens (including phenoxy) is 2. The lowest BCUT2D eigenvalue weighted by Crippen LogP contribution is -2.42. The van der Waals surface area contributed by atoms with Crippen LogP contribution in [-0.2, 0) is 4.74 Å². The zero-order valence-corrected chi connectivity index (χ0v) is 17.8. The molecule has 31 heavy (non-hydrogen) atoms. The highest BCUT2D eigenvalue weighted by molar-refractivity contribution is 5.99. The van der Waals surface area contributed by atoms with Crippen molar-refractivity contribution >= 4 is 17.6 Å². The molecule has 4 atom stereocenters. The number of likely N-dealkylation sites (tertiary alicyclic amines) is 1. The molecule has 7 nitrogen and oxygen atoms in total. The molecule has 1 saturated heterocycles. The van der Waals surface area contributed by atoms with E-state index in [9.17, 15) is 14.7 Å². The summed E-state index contributed by atoms with van der Waals surface area (Å²) in [5, 5.41) is 13.8. The van der Waals surface area contributed by atoms with Crippen molar-refractivity contribution in [2.24, 2.45) is 11.8 Å². The Morgan fingerprint density at radius 1 is 1.06 bits per heavy atom. The van der Waals surface area contributed by atoms with E-state index < -0.39 is 12.1 Å². The average molecular weight is 424 g/mol. The molecule has 0 bridgehead atoms. The number of para-hydroxylation sites is 1. The van der Waals surface area contributed by atoms with Crippen LogP contribution in [0.4, 0.5) is 5.69 Å². The second-order valence-electron chi connectivity index (χ2n) is 8.24. The molecule has 1 aliphatic heterocycles. The van der Waals surface area contributed by atoms with E-state index in [1.54, 1.807) is 24.3 Å². The van der Waals surface area contributed by atoms with Gasteiger partial charge in [-0.25, -0.2) is 4.79 Å². The maximum atomic E-state index is 13.1. The largest absolute Gasteiger partial charge is 0.488 e. The summed E-state index contributed by atoms with van der Waals surface area (Å²) in [6.45, 7) is 1.29. The minimum atomic E-state index is -0.623. The van der Waals surface area contributed by atoms with Crippen molar-refractivity contribution in [2.75, 3.05) is 32.6 Å². The minimum Gasteiger partial charge on any atom is -0.488 e. The third-order valence-electron chi connectivity index (χ3n) is 6.34. The number of nitrogens with zero attached hydrogens (tertiary/aromatic N) is 1. The minimum absolute atomic E-state index is 0.0112. The summed E-state index contributed by atoms with van der Waals surface area (Å²) in [4.78, 5) is 26.8. The van der Waals surface area contributed by atoms with E-state index in [1.165, 1.54) is 7.11 Å². The van der Waals surface area contributed by atoms with E-state index in [0.717, 1.165) is 5.69 Å². The van der Waals surface area contributed by atoms with Crippen molar-refractivity contribution in [1.82, 2.24) is 4.90 Å². The Hall–Kier alpha value is -3.06. The van der Waals surface area contributed by atoms with Crippen LogP contribution in [0.3, 0.4) is 0 Å². The summed E-state index contributed by atoms with van der Waals surface area (Å²) in [6.07, 6.45) is 0.242. The molecule has 2 aliphatic rings. The first kappa shape index (κ1) is 21.2. The Morgan fingerprint density at radius 2 is 1.81 bits per heavy atom. The summed E-state index contributed by atoms with van der Waals surface area (Å²) in [5.41, 5.74) is 1.88. The quantitative estimate of drug-likeness (QED) is 0.718. The lowest BCUT2D eigenvalue weighted by Gasteiger charge is -2.35. The van der Waals surface area contributed by atoms with E-state index in [1.807, 2.05) is 36.2 Å². The molecule has 1 saturated carbocycles. The van der Waals surface area contributed by atoms with E-state index in [2.05, 4.69) is 5.32 Å². The zero-order chi connectivity index (χ0) is 22.0. The maximum absolute atomic E-state index is 13.1. The zero-order valence-electron chi connectivity index (χ0n) is 17.8. The molecule has 0 spiro atoms. The molecule has 2 N–H and O–H groups in total. The summed E-state index contributed by atoms with van der Waals surface area (Å²) in [7, 11) is 3.15. The van der Waals surface area contributed by atoms with E-state index in [-0.39, 0.29) is 23.8 Å². The number of amides is 1. The molecule has 0 radical (unpaired) electrons. The third kappa shape index (κ3) is 4.37. The van der Waals surface area contributed by atoms with Gasteiger partial charge in [0.25, 0.3) is 5.91 Å². The van der Waals surface area contributed by atoms with Crippen LogP contribution in [0.1, 0.15) is 33.6 Å². The predicted molar refractivity (Wildman–Crippen MR) is 116 cm³/mol. The SMILES string of the molecule is CNc1ccccc1C(=O)N1C[C@H]2C[C@@H](Oc3cccc(C(=O)OC)c3)[C@H](O)C[C@H]2C1. The van der Waals surface area contributed by atoms with Gasteiger partial charge >= 0.3 is 5.97 Å². The summed E-state index contributed by atoms with van der Waals surface area (Å²) < 4.78 is 10.8. The molecular formula is C24H28N2O5. The number of methoxy groups -OCH3 is 1. The monoisotopic (exact) mass is 424 g/mol. The second-order valence-corrected chi connectivity index (χ2v) is 8.24. The van der Waals surface area contributed by atoms with Crippen molar-refractivity contribution in [3.05, 3.63) is 59.7 Å². The average Bonchev–Trinajstić information content (AvgIpc) is 3.21. The van der Waals surface area contributed by atoms with E-state index in [4.69, 9.17) is 9.47 Å². The fourth-order valence-corrected chi connectivity index (χ4v) is 4.73. The fourth-order valence-electron chi connectivity index (χ4n) is 4.73. The molecule has 0 unspecified atom stereocenters. The Bertz CT molecular complexity index is 962. The van der Waals surface area contributed by atoms with Gasteiger partial charge in [-0.15, -0.1) is 0 Å². The van der Waals surface area contributed by atoms with Gasteiger partial charge in [0.05, 0.1) is 24.3 Å². The van der Waals surface area contributed by atoms with Crippen LogP contribution >= 0.6 is 0 Å². The van der Waals surface area contributed by atoms with E-state index in [0.29, 0.717) is 42.8 Å². The van der Waals surface area contributed by atoms with Crippen molar-refractivity contribution in [3.8, 4) is 5.75 Å². The van der Waals surface area contributed by atoms with Crippen LogP contribution < -0.4 is 10.1 Å². The Kier molecular flexibility index (Phi) is 6.13. The van der Waals surface area contributed by atoms with Crippen molar-refractivity contribution < 1.29 is 24.2 Å². The highest BCUT2D eigenvalue weighted by atomic mass is 16.5. The molecular weight excluding hydrogens is 396 g/mol. The van der Waals surface area contributed by atoms with Crippen LogP contribution in [0.15, 0.2) is 48.5 Å². The number of rotatable bonds is 5. The van der Waals surface area contributed by atoms with Gasteiger partial charge in [0.2, 0.25) is 0 Å². The number of nitrogens with one attached hydrogen (secondary N) is 1. The van der Waals surface area contributed by atoms with Gasteiger partial charge in [-0.3, -0.25) is 4.79 Å². The Morgan fingerprint density at radius 3 is 2.55 bits per heavy atom. The number of hydrogen-bond acceptors (Lipinski definition) is 6. The summed E-state index contributed by atoms with van der Waals surface area (Å²) >= 11 is 0. The van der Waals surface area contributed by atoms with Crippen molar-refractivity contribution in [2.45, 2.75) is 25.0 Å². The number of carbonyl (C=O) groups excluding carboxylic acids is 2. The number of hydrogen-bond donors (Lipinski definition) is 2. The molecule has 2 aromatic carbocycles. The molecule has 2 aromatic rings. The highest BCUT2D eigenvalue weighted by Crippen LogP contribution is 2.39. The van der Waals surface area contributed by atoms with Gasteiger partial charge in [-0.05, 0) is 55.0 Å². The predicted octanol–water partition coefficient (Wildman–Crippen LogP) is 2.81. The number of aliphatic hydroxyl groups is 1. The Labute approximate surface area is 182 Å². The van der Waals surface area contributed by atoms with Crippen molar-refractivity contribution in [1.29, 1.82) is 0 Å². The molecule has 0 aromatic heterocycles. The second kappa shape index (κ2) is 8.98. The highest BCUT2D eigenvalue weighted by Gasteiger charge is 2.44. The Balaban J connectivity index is 1.44. The fraction of sp³-hybridized carbons (Fsp3) is 0.417. The molecule has 164 valence electrons. The number of benzene rings is 2. The number of fused-ring (bicyclic) bond motifs is 1. The number of carbonyl (C=O) groups is 2. The van der Waals surface area contributed by atoms with Gasteiger partial charge < -0.3 is 24.8 Å². The van der Waals surface area contributed by atoms with Crippen LogP contribution in [0.5, 0.6) is 5.75 Å². The van der Waals surface area contributed by atoms with Crippen molar-refractivity contribution in [3.63, 3.8) is 0 Å². The molecule has 7 heteroatoms. The van der Waals surface area contributed by atoms with Gasteiger partial charge in [0.1, 0.15) is 11.9 Å². The topological polar surface area (TPSA) is 88.1 Å². The number of aliphatic hydroxyl groups excluding tert-OH is 1. The molecule has 1 amide bonds. The molecule has 1 aliphatic carbocycles. The number of anilines is 1. The third-order valence-corrected chi connectivity index (χ3v) is 6.34.